The molecule has 0 aliphatic heterocycles. The lowest BCUT2D eigenvalue weighted by molar-refractivity contribution is 0.284. The van der Waals surface area contributed by atoms with E-state index in [2.05, 4.69) is 14.4 Å². The standard InChI is InChI=1S/C18H16N2O16S5/c21-18-16(40(30,31)32)8-10-7-12(38(24,25)26)1-3-13(10)17(18)20-19-14-9-11(2-4-15(14)39(27,28)29)37(22,23)6-5-36-41(33,34)35/h1-4,7-9,21H,5-6H2,(H,24,25,26)(H,27,28,29)(H,30,31,32)(H,33,34,35). The maximum absolute atomic E-state index is 12.6. The van der Waals surface area contributed by atoms with Crippen molar-refractivity contribution in [2.45, 2.75) is 19.6 Å². The summed E-state index contributed by atoms with van der Waals surface area (Å²) in [6.07, 6.45) is 0. The van der Waals surface area contributed by atoms with Gasteiger partial charge in [-0.15, -0.1) is 10.2 Å². The average Bonchev–Trinajstić information content (AvgIpc) is 2.79. The van der Waals surface area contributed by atoms with Crippen molar-refractivity contribution in [1.82, 2.24) is 0 Å². The third kappa shape index (κ3) is 7.79. The topological polar surface area (TPSA) is 306 Å². The first-order chi connectivity index (χ1) is 18.5. The smallest absolute Gasteiger partial charge is 0.397 e. The highest BCUT2D eigenvalue weighted by Gasteiger charge is 2.25. The minimum Gasteiger partial charge on any atom is -0.504 e. The van der Waals surface area contributed by atoms with Crippen LogP contribution in [0.4, 0.5) is 11.4 Å². The summed E-state index contributed by atoms with van der Waals surface area (Å²) in [7, 11) is -24.6. The molecular weight excluding hydrogens is 661 g/mol. The zero-order valence-corrected chi connectivity index (χ0v) is 23.7. The van der Waals surface area contributed by atoms with Gasteiger partial charge in [-0.05, 0) is 41.8 Å². The Hall–Kier alpha value is -3.13. The third-order valence-corrected chi connectivity index (χ3v) is 9.77. The largest absolute Gasteiger partial charge is 0.504 e. The Morgan fingerprint density at radius 2 is 1.24 bits per heavy atom. The van der Waals surface area contributed by atoms with Crippen LogP contribution in [0.1, 0.15) is 0 Å². The minimum atomic E-state index is -5.21. The number of hydrogen-bond donors (Lipinski definition) is 5. The lowest BCUT2D eigenvalue weighted by Crippen LogP contribution is -2.15. The number of phenols is 1. The normalized spacial score (nSPS) is 13.7. The van der Waals surface area contributed by atoms with Gasteiger partial charge < -0.3 is 5.11 Å². The number of benzene rings is 3. The van der Waals surface area contributed by atoms with E-state index in [1.165, 1.54) is 0 Å². The quantitative estimate of drug-likeness (QED) is 0.149. The summed E-state index contributed by atoms with van der Waals surface area (Å²) in [6, 6.07) is 4.92. The first-order valence-electron chi connectivity index (χ1n) is 10.1. The lowest BCUT2D eigenvalue weighted by atomic mass is 10.1. The fourth-order valence-corrected chi connectivity index (χ4v) is 6.49. The van der Waals surface area contributed by atoms with Gasteiger partial charge in [-0.25, -0.2) is 12.6 Å². The molecular formula is C18H16N2O16S5. The summed E-state index contributed by atoms with van der Waals surface area (Å²) >= 11 is 0. The molecule has 0 spiro atoms. The lowest BCUT2D eigenvalue weighted by Gasteiger charge is -2.10. The second-order valence-corrected chi connectivity index (χ2v) is 15.2. The Balaban J connectivity index is 2.26. The van der Waals surface area contributed by atoms with Crippen LogP contribution < -0.4 is 0 Å². The van der Waals surface area contributed by atoms with Gasteiger partial charge in [-0.2, -0.15) is 33.7 Å². The fraction of sp³-hybridized carbons (Fsp3) is 0.111. The molecule has 0 aliphatic rings. The Morgan fingerprint density at radius 3 is 1.78 bits per heavy atom. The summed E-state index contributed by atoms with van der Waals surface area (Å²) in [5.41, 5.74) is -1.71. The van der Waals surface area contributed by atoms with E-state index in [4.69, 9.17) is 4.55 Å². The third-order valence-electron chi connectivity index (χ3n) is 5.01. The molecule has 0 fully saturated rings. The van der Waals surface area contributed by atoms with Crippen molar-refractivity contribution in [3.8, 4) is 5.75 Å². The van der Waals surface area contributed by atoms with Crippen LogP contribution in [-0.4, -0.2) is 77.8 Å². The number of hydrogen-bond acceptors (Lipinski definition) is 14. The molecule has 0 bridgehead atoms. The Morgan fingerprint density at radius 1 is 0.659 bits per heavy atom. The minimum absolute atomic E-state index is 0.259. The molecule has 0 atom stereocenters. The van der Waals surface area contributed by atoms with Gasteiger partial charge >= 0.3 is 10.4 Å². The molecule has 0 radical (unpaired) electrons. The molecule has 3 rings (SSSR count). The number of phenolic OH excluding ortho intramolecular Hbond substituents is 1. The van der Waals surface area contributed by atoms with Crippen molar-refractivity contribution in [2.75, 3.05) is 12.4 Å². The van der Waals surface area contributed by atoms with Crippen LogP contribution in [0.25, 0.3) is 10.8 Å². The number of sulfone groups is 1. The number of rotatable bonds is 10. The Labute approximate surface area is 232 Å². The predicted molar refractivity (Wildman–Crippen MR) is 135 cm³/mol. The molecule has 0 saturated heterocycles. The zero-order chi connectivity index (χ0) is 31.2. The van der Waals surface area contributed by atoms with Crippen LogP contribution >= 0.6 is 0 Å². The molecule has 0 heterocycles. The Kier molecular flexibility index (Phi) is 8.64. The molecule has 3 aromatic rings. The van der Waals surface area contributed by atoms with Gasteiger partial charge in [0.05, 0.1) is 22.2 Å². The van der Waals surface area contributed by atoms with Crippen LogP contribution in [0.5, 0.6) is 5.75 Å². The van der Waals surface area contributed by atoms with E-state index >= 15 is 0 Å². The number of nitrogens with zero attached hydrogens (tertiary/aromatic N) is 2. The van der Waals surface area contributed by atoms with Gasteiger partial charge in [-0.1, -0.05) is 6.07 Å². The maximum Gasteiger partial charge on any atom is 0.397 e. The maximum atomic E-state index is 12.6. The van der Waals surface area contributed by atoms with E-state index in [9.17, 15) is 60.9 Å². The van der Waals surface area contributed by atoms with Gasteiger partial charge in [0.2, 0.25) is 0 Å². The molecule has 3 aromatic carbocycles. The molecule has 41 heavy (non-hydrogen) atoms. The van der Waals surface area contributed by atoms with Crippen molar-refractivity contribution >= 4 is 72.7 Å². The molecule has 0 aliphatic carbocycles. The number of azo groups is 1. The van der Waals surface area contributed by atoms with Crippen molar-refractivity contribution in [3.63, 3.8) is 0 Å². The van der Waals surface area contributed by atoms with Crippen molar-refractivity contribution in [1.29, 1.82) is 0 Å². The second-order valence-electron chi connectivity index (χ2n) is 7.78. The highest BCUT2D eigenvalue weighted by Crippen LogP contribution is 2.42. The van der Waals surface area contributed by atoms with Crippen molar-refractivity contribution < 1.29 is 69.6 Å². The van der Waals surface area contributed by atoms with Crippen molar-refractivity contribution in [3.05, 3.63) is 42.5 Å². The fourth-order valence-electron chi connectivity index (χ4n) is 3.25. The van der Waals surface area contributed by atoms with Gasteiger partial charge in [0.1, 0.15) is 21.2 Å². The monoisotopic (exact) mass is 676 g/mol. The average molecular weight is 677 g/mol. The molecule has 0 saturated carbocycles. The number of aromatic hydroxyl groups is 1. The molecule has 224 valence electrons. The van der Waals surface area contributed by atoms with E-state index in [1.54, 1.807) is 0 Å². The molecule has 23 heteroatoms. The van der Waals surface area contributed by atoms with Gasteiger partial charge in [0.15, 0.2) is 15.6 Å². The van der Waals surface area contributed by atoms with E-state index in [0.29, 0.717) is 24.3 Å². The van der Waals surface area contributed by atoms with Gasteiger partial charge in [0.25, 0.3) is 30.4 Å². The second kappa shape index (κ2) is 10.9. The zero-order valence-electron chi connectivity index (χ0n) is 19.6. The molecule has 0 aromatic heterocycles. The SMILES string of the molecule is O=S(=O)(O)OCCS(=O)(=O)c1ccc(S(=O)(=O)O)c(N=Nc2c(O)c(S(=O)(=O)O)cc3cc(S(=O)(=O)O)ccc23)c1. The summed E-state index contributed by atoms with van der Waals surface area (Å²) in [5.74, 6) is -2.31. The van der Waals surface area contributed by atoms with Crippen LogP contribution in [-0.2, 0) is 54.8 Å². The summed E-state index contributed by atoms with van der Waals surface area (Å²) < 4.78 is 158. The van der Waals surface area contributed by atoms with Crippen LogP contribution in [0.3, 0.4) is 0 Å². The first kappa shape index (κ1) is 32.4. The molecule has 18 nitrogen and oxygen atoms in total. The van der Waals surface area contributed by atoms with E-state index < -0.39 is 99.7 Å². The van der Waals surface area contributed by atoms with E-state index in [-0.39, 0.29) is 10.8 Å². The van der Waals surface area contributed by atoms with Crippen molar-refractivity contribution in [2.24, 2.45) is 10.2 Å². The molecule has 0 amide bonds. The first-order valence-corrected chi connectivity index (χ1v) is 17.5. The molecule has 0 unspecified atom stereocenters. The van der Waals surface area contributed by atoms with Crippen LogP contribution in [0.2, 0.25) is 0 Å². The van der Waals surface area contributed by atoms with E-state index in [1.807, 2.05) is 0 Å². The van der Waals surface area contributed by atoms with E-state index in [0.717, 1.165) is 18.2 Å². The Bertz CT molecular complexity index is 2140. The van der Waals surface area contributed by atoms with Gasteiger partial charge in [-0.3, -0.25) is 18.2 Å². The summed E-state index contributed by atoms with van der Waals surface area (Å²) in [6.45, 7) is -1.05. The van der Waals surface area contributed by atoms with Crippen LogP contribution in [0.15, 0.2) is 72.3 Å². The van der Waals surface area contributed by atoms with Gasteiger partial charge in [0, 0.05) is 5.39 Å². The number of fused-ring (bicyclic) bond motifs is 1. The highest BCUT2D eigenvalue weighted by atomic mass is 32.3. The van der Waals surface area contributed by atoms with Crippen LogP contribution in [0, 0.1) is 0 Å². The predicted octanol–water partition coefficient (Wildman–Crippen LogP) is 1.29. The summed E-state index contributed by atoms with van der Waals surface area (Å²) in [5, 5.41) is 16.9. The summed E-state index contributed by atoms with van der Waals surface area (Å²) in [4.78, 5) is -3.69. The highest BCUT2D eigenvalue weighted by molar-refractivity contribution is 7.91. The molecule has 5 N–H and O–H groups in total.